The summed E-state index contributed by atoms with van der Waals surface area (Å²) in [7, 11) is 0. The topological polar surface area (TPSA) is 55.6 Å². The third-order valence-corrected chi connectivity index (χ3v) is 5.15. The summed E-state index contributed by atoms with van der Waals surface area (Å²) in [6.07, 6.45) is 1.57. The van der Waals surface area contributed by atoms with Crippen LogP contribution < -0.4 is 5.73 Å². The fourth-order valence-electron chi connectivity index (χ4n) is 2.49. The highest BCUT2D eigenvalue weighted by molar-refractivity contribution is 8.00. The Hall–Kier alpha value is -0.260. The van der Waals surface area contributed by atoms with E-state index in [4.69, 9.17) is 10.5 Å². The third-order valence-electron chi connectivity index (χ3n) is 3.81. The van der Waals surface area contributed by atoms with Crippen molar-refractivity contribution in [3.63, 3.8) is 0 Å². The molecule has 2 rings (SSSR count). The van der Waals surface area contributed by atoms with Crippen molar-refractivity contribution < 1.29 is 9.53 Å². The highest BCUT2D eigenvalue weighted by Crippen LogP contribution is 2.27. The fraction of sp³-hybridized carbons (Fsp3) is 0.917. The first kappa shape index (κ1) is 13.2. The number of nitrogens with two attached hydrogens (primary N) is 1. The molecule has 2 fully saturated rings. The number of carbonyl (C=O) groups excluding carboxylic acids is 1. The number of carbonyl (C=O) groups is 1. The highest BCUT2D eigenvalue weighted by Gasteiger charge is 2.37. The van der Waals surface area contributed by atoms with Crippen molar-refractivity contribution in [3.8, 4) is 0 Å². The van der Waals surface area contributed by atoms with Gasteiger partial charge in [0.15, 0.2) is 0 Å². The van der Waals surface area contributed by atoms with Crippen LogP contribution in [0.5, 0.6) is 0 Å². The van der Waals surface area contributed by atoms with Crippen LogP contribution in [0.4, 0.5) is 0 Å². The van der Waals surface area contributed by atoms with Crippen LogP contribution >= 0.6 is 11.8 Å². The lowest BCUT2D eigenvalue weighted by atomic mass is 10.1. The minimum absolute atomic E-state index is 0.0795. The van der Waals surface area contributed by atoms with Crippen LogP contribution in [-0.4, -0.2) is 53.1 Å². The highest BCUT2D eigenvalue weighted by atomic mass is 32.2. The molecule has 2 saturated heterocycles. The molecule has 5 heteroatoms. The Balaban J connectivity index is 1.95. The van der Waals surface area contributed by atoms with Crippen molar-refractivity contribution in [2.24, 2.45) is 5.73 Å². The molecule has 0 saturated carbocycles. The summed E-state index contributed by atoms with van der Waals surface area (Å²) in [5.41, 5.74) is 5.57. The van der Waals surface area contributed by atoms with Crippen molar-refractivity contribution >= 4 is 17.7 Å². The molecule has 1 amide bonds. The number of thioether (sulfide) groups is 1. The molecular weight excluding hydrogens is 236 g/mol. The average Bonchev–Trinajstić information content (AvgIpc) is 2.80. The number of amides is 1. The van der Waals surface area contributed by atoms with Crippen LogP contribution in [0.15, 0.2) is 0 Å². The number of hydrogen-bond donors (Lipinski definition) is 1. The van der Waals surface area contributed by atoms with Crippen molar-refractivity contribution in [2.45, 2.75) is 50.2 Å². The van der Waals surface area contributed by atoms with Gasteiger partial charge in [0.25, 0.3) is 5.91 Å². The molecule has 2 aliphatic rings. The molecule has 2 aliphatic heterocycles. The van der Waals surface area contributed by atoms with Crippen molar-refractivity contribution in [2.75, 3.05) is 18.8 Å². The zero-order chi connectivity index (χ0) is 12.4. The van der Waals surface area contributed by atoms with Crippen LogP contribution in [-0.2, 0) is 9.53 Å². The summed E-state index contributed by atoms with van der Waals surface area (Å²) in [6.45, 7) is 5.69. The molecule has 17 heavy (non-hydrogen) atoms. The predicted octanol–water partition coefficient (Wildman–Crippen LogP) is 0.845. The van der Waals surface area contributed by atoms with E-state index in [0.717, 1.165) is 25.1 Å². The molecule has 2 heterocycles. The number of ether oxygens (including phenoxy) is 1. The summed E-state index contributed by atoms with van der Waals surface area (Å²) in [5, 5.41) is 0.513. The Bertz CT molecular complexity index is 288. The first-order valence-electron chi connectivity index (χ1n) is 6.41. The lowest BCUT2D eigenvalue weighted by Crippen LogP contribution is -2.51. The van der Waals surface area contributed by atoms with Gasteiger partial charge in [-0.15, -0.1) is 0 Å². The van der Waals surface area contributed by atoms with E-state index in [1.807, 2.05) is 16.7 Å². The predicted molar refractivity (Wildman–Crippen MR) is 70.0 cm³/mol. The first-order chi connectivity index (χ1) is 8.13. The Morgan fingerprint density at radius 3 is 2.88 bits per heavy atom. The molecule has 4 atom stereocenters. The van der Waals surface area contributed by atoms with E-state index >= 15 is 0 Å². The minimum atomic E-state index is -0.249. The Morgan fingerprint density at radius 2 is 2.24 bits per heavy atom. The van der Waals surface area contributed by atoms with Gasteiger partial charge in [-0.3, -0.25) is 4.79 Å². The molecule has 0 spiro atoms. The Kier molecular flexibility index (Phi) is 4.33. The quantitative estimate of drug-likeness (QED) is 0.797. The molecule has 0 bridgehead atoms. The molecule has 2 N–H and O–H groups in total. The summed E-state index contributed by atoms with van der Waals surface area (Å²) in [6, 6.07) is 0.307. The minimum Gasteiger partial charge on any atom is -0.364 e. The maximum atomic E-state index is 12.4. The van der Waals surface area contributed by atoms with Crippen molar-refractivity contribution in [1.82, 2.24) is 4.90 Å². The molecular formula is C12H22N2O2S. The molecule has 0 aliphatic carbocycles. The van der Waals surface area contributed by atoms with E-state index in [2.05, 4.69) is 13.8 Å². The smallest absolute Gasteiger partial charge is 0.252 e. The van der Waals surface area contributed by atoms with Gasteiger partial charge in [0.1, 0.15) is 6.10 Å². The number of nitrogens with zero attached hydrogens (tertiary/aromatic N) is 1. The Labute approximate surface area is 107 Å². The van der Waals surface area contributed by atoms with E-state index in [1.54, 1.807) is 0 Å². The fourth-order valence-corrected chi connectivity index (χ4v) is 3.59. The second-order valence-electron chi connectivity index (χ2n) is 4.91. The second-order valence-corrected chi connectivity index (χ2v) is 6.39. The van der Waals surface area contributed by atoms with E-state index < -0.39 is 0 Å². The maximum Gasteiger partial charge on any atom is 0.252 e. The molecule has 0 aromatic rings. The second kappa shape index (κ2) is 5.59. The molecule has 0 radical (unpaired) electrons. The average molecular weight is 258 g/mol. The van der Waals surface area contributed by atoms with Gasteiger partial charge in [-0.1, -0.05) is 6.92 Å². The summed E-state index contributed by atoms with van der Waals surface area (Å²) >= 11 is 1.94. The molecule has 98 valence electrons. The van der Waals surface area contributed by atoms with Crippen LogP contribution in [0.2, 0.25) is 0 Å². The molecule has 4 nitrogen and oxygen atoms in total. The largest absolute Gasteiger partial charge is 0.364 e. The summed E-state index contributed by atoms with van der Waals surface area (Å²) in [4.78, 5) is 14.4. The monoisotopic (exact) mass is 258 g/mol. The van der Waals surface area contributed by atoms with Crippen LogP contribution in [0.3, 0.4) is 0 Å². The zero-order valence-corrected chi connectivity index (χ0v) is 11.4. The maximum absolute atomic E-state index is 12.4. The standard InChI is InChI=1S/C12H22N2O2S/c1-8-9(2)17-6-5-14(8)12(15)11-4-3-10(7-13)16-11/h8-11H,3-7,13H2,1-2H3/t8?,9?,10-,11+/m1/s1. The number of hydrogen-bond acceptors (Lipinski definition) is 4. The van der Waals surface area contributed by atoms with E-state index in [1.165, 1.54) is 0 Å². The van der Waals surface area contributed by atoms with Crippen molar-refractivity contribution in [3.05, 3.63) is 0 Å². The van der Waals surface area contributed by atoms with Gasteiger partial charge in [-0.05, 0) is 19.8 Å². The van der Waals surface area contributed by atoms with Gasteiger partial charge in [0.05, 0.1) is 6.10 Å². The third kappa shape index (κ3) is 2.77. The lowest BCUT2D eigenvalue weighted by molar-refractivity contribution is -0.144. The number of rotatable bonds is 2. The van der Waals surface area contributed by atoms with Crippen LogP contribution in [0.25, 0.3) is 0 Å². The molecule has 2 unspecified atom stereocenters. The first-order valence-corrected chi connectivity index (χ1v) is 7.46. The lowest BCUT2D eigenvalue weighted by Gasteiger charge is -2.38. The van der Waals surface area contributed by atoms with E-state index in [0.29, 0.717) is 17.8 Å². The Morgan fingerprint density at radius 1 is 1.47 bits per heavy atom. The van der Waals surface area contributed by atoms with Gasteiger partial charge in [0.2, 0.25) is 0 Å². The zero-order valence-electron chi connectivity index (χ0n) is 10.6. The van der Waals surface area contributed by atoms with Crippen LogP contribution in [0, 0.1) is 0 Å². The van der Waals surface area contributed by atoms with Crippen molar-refractivity contribution in [1.29, 1.82) is 0 Å². The van der Waals surface area contributed by atoms with Gasteiger partial charge in [-0.2, -0.15) is 11.8 Å². The van der Waals surface area contributed by atoms with Gasteiger partial charge in [0, 0.05) is 30.1 Å². The summed E-state index contributed by atoms with van der Waals surface area (Å²) in [5.74, 6) is 1.20. The van der Waals surface area contributed by atoms with Crippen LogP contribution in [0.1, 0.15) is 26.7 Å². The van der Waals surface area contributed by atoms with Gasteiger partial charge in [-0.25, -0.2) is 0 Å². The van der Waals surface area contributed by atoms with E-state index in [9.17, 15) is 4.79 Å². The SMILES string of the molecule is CC1SCCN(C(=O)[C@@H]2CC[C@H](CN)O2)C1C. The van der Waals surface area contributed by atoms with E-state index in [-0.39, 0.29) is 18.1 Å². The van der Waals surface area contributed by atoms with Gasteiger partial charge < -0.3 is 15.4 Å². The molecule has 0 aromatic heterocycles. The summed E-state index contributed by atoms with van der Waals surface area (Å²) < 4.78 is 5.69. The van der Waals surface area contributed by atoms with Gasteiger partial charge >= 0.3 is 0 Å². The normalized spacial score (nSPS) is 38.4. The molecule has 0 aromatic carbocycles.